The number of amides is 1. The average molecular weight is 397 g/mol. The van der Waals surface area contributed by atoms with Gasteiger partial charge in [-0.15, -0.1) is 12.4 Å². The molecular weight excluding hydrogens is 364 g/mol. The van der Waals surface area contributed by atoms with Gasteiger partial charge >= 0.3 is 0 Å². The molecule has 1 saturated heterocycles. The van der Waals surface area contributed by atoms with Gasteiger partial charge < -0.3 is 20.6 Å². The molecule has 7 heteroatoms. The van der Waals surface area contributed by atoms with Crippen LogP contribution in [-0.4, -0.2) is 67.8 Å². The number of aliphatic hydroxyl groups is 1. The van der Waals surface area contributed by atoms with Crippen molar-refractivity contribution < 1.29 is 9.90 Å². The third-order valence-corrected chi connectivity index (χ3v) is 5.30. The van der Waals surface area contributed by atoms with Crippen molar-refractivity contribution >= 4 is 29.7 Å². The Hall–Kier alpha value is -1.34. The monoisotopic (exact) mass is 396 g/mol. The summed E-state index contributed by atoms with van der Waals surface area (Å²) in [5.41, 5.74) is 3.49. The molecule has 1 atom stereocenters. The van der Waals surface area contributed by atoms with E-state index < -0.39 is 0 Å². The summed E-state index contributed by atoms with van der Waals surface area (Å²) in [4.78, 5) is 16.4. The maximum Gasteiger partial charge on any atom is 0.224 e. The van der Waals surface area contributed by atoms with Crippen LogP contribution in [-0.2, 0) is 11.2 Å². The number of anilines is 2. The van der Waals surface area contributed by atoms with Crippen molar-refractivity contribution in [3.05, 3.63) is 23.8 Å². The largest absolute Gasteiger partial charge is 0.390 e. The van der Waals surface area contributed by atoms with Gasteiger partial charge in [-0.3, -0.25) is 9.69 Å². The number of rotatable bonds is 8. The van der Waals surface area contributed by atoms with Crippen molar-refractivity contribution in [3.63, 3.8) is 0 Å². The molecule has 3 rings (SSSR count). The van der Waals surface area contributed by atoms with E-state index in [1.54, 1.807) is 0 Å². The third-order valence-electron chi connectivity index (χ3n) is 5.30. The third kappa shape index (κ3) is 6.07. The first-order chi connectivity index (χ1) is 12.7. The Kier molecular flexibility index (Phi) is 8.83. The van der Waals surface area contributed by atoms with Gasteiger partial charge in [0.05, 0.1) is 6.10 Å². The normalized spacial score (nSPS) is 18.4. The van der Waals surface area contributed by atoms with Gasteiger partial charge in [0.1, 0.15) is 0 Å². The second-order valence-electron chi connectivity index (χ2n) is 7.35. The van der Waals surface area contributed by atoms with Crippen molar-refractivity contribution in [1.82, 2.24) is 10.2 Å². The SMILES string of the molecule is CCCCNCC(O)CN1CCN(c2cccc3c2CCC(=O)N3)CC1.Cl. The number of halogens is 1. The van der Waals surface area contributed by atoms with Crippen LogP contribution < -0.4 is 15.5 Å². The number of carbonyl (C=O) groups is 1. The first-order valence-electron chi connectivity index (χ1n) is 9.95. The lowest BCUT2D eigenvalue weighted by Crippen LogP contribution is -2.50. The van der Waals surface area contributed by atoms with E-state index in [1.807, 2.05) is 12.1 Å². The fourth-order valence-electron chi connectivity index (χ4n) is 3.81. The van der Waals surface area contributed by atoms with Crippen molar-refractivity contribution in [2.24, 2.45) is 0 Å². The number of hydrogen-bond acceptors (Lipinski definition) is 5. The molecule has 2 aliphatic rings. The van der Waals surface area contributed by atoms with Gasteiger partial charge in [-0.2, -0.15) is 0 Å². The zero-order chi connectivity index (χ0) is 18.4. The van der Waals surface area contributed by atoms with Gasteiger partial charge in [0, 0.05) is 57.1 Å². The van der Waals surface area contributed by atoms with E-state index >= 15 is 0 Å². The second-order valence-corrected chi connectivity index (χ2v) is 7.35. The number of aliphatic hydroxyl groups excluding tert-OH is 1. The lowest BCUT2D eigenvalue weighted by Gasteiger charge is -2.38. The summed E-state index contributed by atoms with van der Waals surface area (Å²) >= 11 is 0. The fourth-order valence-corrected chi connectivity index (χ4v) is 3.81. The molecular formula is C20H33ClN4O2. The Morgan fingerprint density at radius 1 is 1.22 bits per heavy atom. The predicted molar refractivity (Wildman–Crippen MR) is 113 cm³/mol. The van der Waals surface area contributed by atoms with Crippen LogP contribution >= 0.6 is 12.4 Å². The smallest absolute Gasteiger partial charge is 0.224 e. The number of β-amino-alcohol motifs (C(OH)–C–C–N with tert-alkyl or cyclic N) is 1. The predicted octanol–water partition coefficient (Wildman–Crippen LogP) is 1.87. The number of benzene rings is 1. The highest BCUT2D eigenvalue weighted by Gasteiger charge is 2.24. The lowest BCUT2D eigenvalue weighted by atomic mass is 10.00. The summed E-state index contributed by atoms with van der Waals surface area (Å²) in [6.45, 7) is 8.40. The maximum atomic E-state index is 11.6. The second kappa shape index (κ2) is 10.9. The molecule has 6 nitrogen and oxygen atoms in total. The van der Waals surface area contributed by atoms with E-state index in [-0.39, 0.29) is 24.4 Å². The minimum absolute atomic E-state index is 0. The van der Waals surface area contributed by atoms with Gasteiger partial charge in [-0.1, -0.05) is 19.4 Å². The Labute approximate surface area is 168 Å². The van der Waals surface area contributed by atoms with Crippen LogP contribution in [0.3, 0.4) is 0 Å². The van der Waals surface area contributed by atoms with Crippen molar-refractivity contribution in [1.29, 1.82) is 0 Å². The summed E-state index contributed by atoms with van der Waals surface area (Å²) < 4.78 is 0. The molecule has 1 fully saturated rings. The van der Waals surface area contributed by atoms with Crippen LogP contribution in [0.5, 0.6) is 0 Å². The van der Waals surface area contributed by atoms with Gasteiger partial charge in [-0.05, 0) is 37.1 Å². The molecule has 1 unspecified atom stereocenters. The first-order valence-corrected chi connectivity index (χ1v) is 9.95. The van der Waals surface area contributed by atoms with Gasteiger partial charge in [-0.25, -0.2) is 0 Å². The summed E-state index contributed by atoms with van der Waals surface area (Å²) in [5, 5.41) is 16.5. The molecule has 2 aliphatic heterocycles. The topological polar surface area (TPSA) is 67.8 Å². The van der Waals surface area contributed by atoms with Crippen molar-refractivity contribution in [2.75, 3.05) is 56.0 Å². The first kappa shape index (κ1) is 22.0. The Morgan fingerprint density at radius 3 is 2.74 bits per heavy atom. The minimum Gasteiger partial charge on any atom is -0.390 e. The molecule has 1 aromatic rings. The van der Waals surface area contributed by atoms with Crippen LogP contribution in [0, 0.1) is 0 Å². The van der Waals surface area contributed by atoms with Gasteiger partial charge in [0.2, 0.25) is 5.91 Å². The number of piperazine rings is 1. The molecule has 3 N–H and O–H groups in total. The van der Waals surface area contributed by atoms with E-state index in [0.29, 0.717) is 13.0 Å². The van der Waals surface area contributed by atoms with E-state index in [9.17, 15) is 9.90 Å². The summed E-state index contributed by atoms with van der Waals surface area (Å²) in [6, 6.07) is 6.18. The van der Waals surface area contributed by atoms with E-state index in [1.165, 1.54) is 17.7 Å². The van der Waals surface area contributed by atoms with Crippen molar-refractivity contribution in [2.45, 2.75) is 38.7 Å². The van der Waals surface area contributed by atoms with Crippen LogP contribution in [0.25, 0.3) is 0 Å². The molecule has 1 aromatic carbocycles. The molecule has 0 saturated carbocycles. The van der Waals surface area contributed by atoms with E-state index in [0.717, 1.165) is 57.8 Å². The Balaban J connectivity index is 0.00000261. The molecule has 0 radical (unpaired) electrons. The van der Waals surface area contributed by atoms with Crippen LogP contribution in [0.15, 0.2) is 18.2 Å². The van der Waals surface area contributed by atoms with Gasteiger partial charge in [0.25, 0.3) is 0 Å². The number of fused-ring (bicyclic) bond motifs is 1. The number of unbranched alkanes of at least 4 members (excludes halogenated alkanes) is 1. The molecule has 1 amide bonds. The van der Waals surface area contributed by atoms with Crippen LogP contribution in [0.4, 0.5) is 11.4 Å². The summed E-state index contributed by atoms with van der Waals surface area (Å²) in [5.74, 6) is 0.112. The molecule has 0 bridgehead atoms. The highest BCUT2D eigenvalue weighted by molar-refractivity contribution is 5.95. The van der Waals surface area contributed by atoms with Crippen molar-refractivity contribution in [3.8, 4) is 0 Å². The summed E-state index contributed by atoms with van der Waals surface area (Å²) in [6.07, 6.45) is 3.42. The number of carbonyl (C=O) groups excluding carboxylic acids is 1. The highest BCUT2D eigenvalue weighted by Crippen LogP contribution is 2.32. The Bertz CT molecular complexity index is 606. The van der Waals surface area contributed by atoms with Crippen LogP contribution in [0.1, 0.15) is 31.7 Å². The Morgan fingerprint density at radius 2 is 2.00 bits per heavy atom. The standard InChI is InChI=1S/C20H32N4O2.ClH/c1-2-3-9-21-14-16(25)15-23-10-12-24(13-11-23)19-6-4-5-18-17(19)7-8-20(26)22-18;/h4-6,16,21,25H,2-3,7-15H2,1H3,(H,22,26);1H. The van der Waals surface area contributed by atoms with E-state index in [2.05, 4.69) is 33.4 Å². The highest BCUT2D eigenvalue weighted by atomic mass is 35.5. The number of nitrogens with zero attached hydrogens (tertiary/aromatic N) is 2. The minimum atomic E-state index is -0.307. The zero-order valence-corrected chi connectivity index (χ0v) is 17.1. The maximum absolute atomic E-state index is 11.6. The molecule has 27 heavy (non-hydrogen) atoms. The quantitative estimate of drug-likeness (QED) is 0.585. The van der Waals surface area contributed by atoms with Crippen LogP contribution in [0.2, 0.25) is 0 Å². The molecule has 2 heterocycles. The average Bonchev–Trinajstić information content (AvgIpc) is 2.65. The molecule has 0 aromatic heterocycles. The number of nitrogens with one attached hydrogen (secondary N) is 2. The molecule has 0 spiro atoms. The zero-order valence-electron chi connectivity index (χ0n) is 16.2. The van der Waals surface area contributed by atoms with E-state index in [4.69, 9.17) is 0 Å². The van der Waals surface area contributed by atoms with Gasteiger partial charge in [0.15, 0.2) is 0 Å². The lowest BCUT2D eigenvalue weighted by molar-refractivity contribution is -0.116. The summed E-state index contributed by atoms with van der Waals surface area (Å²) in [7, 11) is 0. The number of hydrogen-bond donors (Lipinski definition) is 3. The molecule has 0 aliphatic carbocycles. The molecule has 152 valence electrons. The fraction of sp³-hybridized carbons (Fsp3) is 0.650.